The third-order valence-corrected chi connectivity index (χ3v) is 4.50. The number of nitrogens with two attached hydrogens (primary N) is 1. The minimum Gasteiger partial charge on any atom is -0.383 e. The van der Waals surface area contributed by atoms with Gasteiger partial charge in [-0.3, -0.25) is 0 Å². The van der Waals surface area contributed by atoms with Gasteiger partial charge in [-0.05, 0) is 29.7 Å². The average Bonchev–Trinajstić information content (AvgIpc) is 2.56. The van der Waals surface area contributed by atoms with Gasteiger partial charge in [0.25, 0.3) is 0 Å². The van der Waals surface area contributed by atoms with Gasteiger partial charge in [0.15, 0.2) is 0 Å². The molecule has 0 radical (unpaired) electrons. The van der Waals surface area contributed by atoms with Crippen molar-refractivity contribution in [1.82, 2.24) is 4.98 Å². The van der Waals surface area contributed by atoms with Crippen molar-refractivity contribution >= 4 is 16.5 Å². The molecule has 0 saturated carbocycles. The molecule has 0 amide bonds. The van der Waals surface area contributed by atoms with Crippen LogP contribution in [-0.2, 0) is 16.5 Å². The molecular formula is C19H18N2O2S. The van der Waals surface area contributed by atoms with Crippen LogP contribution in [0.5, 0.6) is 0 Å². The highest BCUT2D eigenvalue weighted by Gasteiger charge is 2.07. The van der Waals surface area contributed by atoms with Crippen molar-refractivity contribution in [1.29, 1.82) is 0 Å². The number of pyridine rings is 1. The molecule has 24 heavy (non-hydrogen) atoms. The van der Waals surface area contributed by atoms with Gasteiger partial charge in [-0.15, -0.1) is 0 Å². The van der Waals surface area contributed by atoms with Crippen LogP contribution in [0, 0.1) is 6.92 Å². The number of nitrogens with zero attached hydrogens (tertiary/aromatic N) is 1. The molecule has 3 rings (SSSR count). The highest BCUT2D eigenvalue weighted by Crippen LogP contribution is 2.29. The SMILES string of the molecule is Cc1ccc(-c2cc(-c3ccc(C[SH](=O)=O)cc3)cnc2N)cc1. The molecule has 2 N–H and O–H groups in total. The molecule has 0 fully saturated rings. The van der Waals surface area contributed by atoms with Crippen molar-refractivity contribution < 1.29 is 8.42 Å². The van der Waals surface area contributed by atoms with Gasteiger partial charge >= 0.3 is 0 Å². The second kappa shape index (κ2) is 6.84. The van der Waals surface area contributed by atoms with E-state index in [0.29, 0.717) is 5.82 Å². The Bertz CT molecular complexity index is 923. The van der Waals surface area contributed by atoms with Gasteiger partial charge in [0, 0.05) is 17.3 Å². The van der Waals surface area contributed by atoms with E-state index in [-0.39, 0.29) is 5.75 Å². The fourth-order valence-corrected chi connectivity index (χ4v) is 3.06. The maximum atomic E-state index is 10.8. The first-order valence-electron chi connectivity index (χ1n) is 7.56. The van der Waals surface area contributed by atoms with Crippen LogP contribution in [0.3, 0.4) is 0 Å². The molecule has 0 aliphatic carbocycles. The summed E-state index contributed by atoms with van der Waals surface area (Å²) in [6, 6.07) is 17.6. The Labute approximate surface area is 142 Å². The standard InChI is InChI=1S/C19H18N2O2S/c1-13-2-6-16(7-3-13)18-10-17(11-21-19(18)20)15-8-4-14(5-9-15)12-24(22)23/h2-11,24H,12H2,1H3,(H2,20,21). The molecule has 2 aromatic carbocycles. The number of nitrogen functional groups attached to an aromatic ring is 1. The third kappa shape index (κ3) is 3.63. The fourth-order valence-electron chi connectivity index (χ4n) is 2.55. The number of hydrogen-bond donors (Lipinski definition) is 2. The topological polar surface area (TPSA) is 73.0 Å². The molecule has 1 heterocycles. The number of thiol groups is 1. The second-order valence-electron chi connectivity index (χ2n) is 5.71. The number of aromatic nitrogens is 1. The molecule has 0 saturated heterocycles. The van der Waals surface area contributed by atoms with Gasteiger partial charge in [0.2, 0.25) is 0 Å². The van der Waals surface area contributed by atoms with E-state index in [4.69, 9.17) is 5.73 Å². The third-order valence-electron chi connectivity index (χ3n) is 3.88. The van der Waals surface area contributed by atoms with Crippen molar-refractivity contribution in [3.63, 3.8) is 0 Å². The predicted octanol–water partition coefficient (Wildman–Crippen LogP) is 3.42. The molecular weight excluding hydrogens is 320 g/mol. The first-order valence-corrected chi connectivity index (χ1v) is 8.93. The minimum absolute atomic E-state index is 0.0597. The molecule has 0 aliphatic heterocycles. The summed E-state index contributed by atoms with van der Waals surface area (Å²) < 4.78 is 21.6. The first-order chi connectivity index (χ1) is 11.5. The zero-order valence-corrected chi connectivity index (χ0v) is 14.2. The molecule has 122 valence electrons. The van der Waals surface area contributed by atoms with Gasteiger partial charge in [-0.2, -0.15) is 0 Å². The monoisotopic (exact) mass is 338 g/mol. The van der Waals surface area contributed by atoms with E-state index in [0.717, 1.165) is 27.8 Å². The molecule has 4 nitrogen and oxygen atoms in total. The minimum atomic E-state index is -2.41. The molecule has 0 unspecified atom stereocenters. The van der Waals surface area contributed by atoms with Crippen molar-refractivity contribution in [2.24, 2.45) is 0 Å². The maximum absolute atomic E-state index is 10.8. The average molecular weight is 338 g/mol. The molecule has 3 aromatic rings. The summed E-state index contributed by atoms with van der Waals surface area (Å²) in [6.45, 7) is 2.04. The lowest BCUT2D eigenvalue weighted by Gasteiger charge is -2.09. The van der Waals surface area contributed by atoms with Crippen molar-refractivity contribution in [2.75, 3.05) is 5.73 Å². The van der Waals surface area contributed by atoms with E-state index in [9.17, 15) is 8.42 Å². The summed E-state index contributed by atoms with van der Waals surface area (Å²) in [6.07, 6.45) is 1.73. The highest BCUT2D eigenvalue weighted by atomic mass is 32.2. The smallest absolute Gasteiger partial charge is 0.144 e. The van der Waals surface area contributed by atoms with Crippen molar-refractivity contribution in [2.45, 2.75) is 12.7 Å². The van der Waals surface area contributed by atoms with E-state index in [1.165, 1.54) is 5.56 Å². The van der Waals surface area contributed by atoms with Crippen LogP contribution >= 0.6 is 0 Å². The maximum Gasteiger partial charge on any atom is 0.144 e. The largest absolute Gasteiger partial charge is 0.383 e. The van der Waals surface area contributed by atoms with Gasteiger partial charge in [-0.1, -0.05) is 54.1 Å². The Morgan fingerprint density at radius 2 is 1.54 bits per heavy atom. The van der Waals surface area contributed by atoms with Crippen molar-refractivity contribution in [3.8, 4) is 22.3 Å². The normalized spacial score (nSPS) is 10.9. The molecule has 1 aromatic heterocycles. The molecule has 0 aliphatic rings. The molecule has 0 bridgehead atoms. The number of rotatable bonds is 4. The van der Waals surface area contributed by atoms with E-state index in [1.807, 2.05) is 61.5 Å². The Kier molecular flexibility index (Phi) is 4.62. The van der Waals surface area contributed by atoms with Crippen molar-refractivity contribution in [3.05, 3.63) is 71.9 Å². The van der Waals surface area contributed by atoms with Crippen LogP contribution in [0.15, 0.2) is 60.8 Å². The number of hydrogen-bond acceptors (Lipinski definition) is 4. The number of anilines is 1. The summed E-state index contributed by atoms with van der Waals surface area (Å²) in [7, 11) is -2.41. The fraction of sp³-hybridized carbons (Fsp3) is 0.105. The Morgan fingerprint density at radius 1 is 0.917 bits per heavy atom. The zero-order valence-electron chi connectivity index (χ0n) is 13.3. The van der Waals surface area contributed by atoms with Crippen LogP contribution in [0.4, 0.5) is 5.82 Å². The van der Waals surface area contributed by atoms with Gasteiger partial charge in [0.1, 0.15) is 16.5 Å². The van der Waals surface area contributed by atoms with Gasteiger partial charge < -0.3 is 5.73 Å². The number of aryl methyl sites for hydroxylation is 1. The van der Waals surface area contributed by atoms with E-state index < -0.39 is 10.7 Å². The van der Waals surface area contributed by atoms with Crippen LogP contribution in [0.2, 0.25) is 0 Å². The Morgan fingerprint density at radius 3 is 2.17 bits per heavy atom. The summed E-state index contributed by atoms with van der Waals surface area (Å²) in [5, 5.41) is 0. The van der Waals surface area contributed by atoms with Crippen LogP contribution < -0.4 is 5.73 Å². The summed E-state index contributed by atoms with van der Waals surface area (Å²) >= 11 is 0. The lowest BCUT2D eigenvalue weighted by Crippen LogP contribution is -1.95. The first kappa shape index (κ1) is 16.2. The Balaban J connectivity index is 1.97. The van der Waals surface area contributed by atoms with E-state index in [1.54, 1.807) is 6.20 Å². The summed E-state index contributed by atoms with van der Waals surface area (Å²) in [5.41, 5.74) is 11.8. The zero-order chi connectivity index (χ0) is 17.1. The van der Waals surface area contributed by atoms with E-state index in [2.05, 4.69) is 4.98 Å². The van der Waals surface area contributed by atoms with E-state index >= 15 is 0 Å². The Hall–Kier alpha value is -2.66. The van der Waals surface area contributed by atoms with Gasteiger partial charge in [0.05, 0.1) is 5.75 Å². The van der Waals surface area contributed by atoms with Crippen LogP contribution in [-0.4, -0.2) is 13.4 Å². The highest BCUT2D eigenvalue weighted by molar-refractivity contribution is 7.71. The predicted molar refractivity (Wildman–Crippen MR) is 98.3 cm³/mol. The lowest BCUT2D eigenvalue weighted by atomic mass is 10.00. The second-order valence-corrected chi connectivity index (χ2v) is 6.69. The molecule has 5 heteroatoms. The number of benzene rings is 2. The summed E-state index contributed by atoms with van der Waals surface area (Å²) in [4.78, 5) is 4.31. The lowest BCUT2D eigenvalue weighted by molar-refractivity contribution is 0.614. The van der Waals surface area contributed by atoms with Crippen LogP contribution in [0.25, 0.3) is 22.3 Å². The van der Waals surface area contributed by atoms with Crippen LogP contribution in [0.1, 0.15) is 11.1 Å². The molecule has 0 spiro atoms. The molecule has 0 atom stereocenters. The quantitative estimate of drug-likeness (QED) is 0.715. The summed E-state index contributed by atoms with van der Waals surface area (Å²) in [5.74, 6) is 0.548. The van der Waals surface area contributed by atoms with Gasteiger partial charge in [-0.25, -0.2) is 13.4 Å².